The normalized spacial score (nSPS) is 10.2. The maximum Gasteiger partial charge on any atom is 0.0849 e. The van der Waals surface area contributed by atoms with Crippen molar-refractivity contribution in [3.63, 3.8) is 0 Å². The Bertz CT molecular complexity index is 485. The Kier molecular flexibility index (Phi) is 3.94. The first kappa shape index (κ1) is 11.9. The molecule has 0 bridgehead atoms. The van der Waals surface area contributed by atoms with E-state index < -0.39 is 0 Å². The standard InChI is InChI=1S/C13H14ClN3/c1-10-13(14)12(5-8-16-10)17-7-4-11-3-2-6-15-9-11/h2-3,5-6,8-9H,4,7H2,1H3,(H,16,17). The molecule has 0 radical (unpaired) electrons. The molecule has 0 saturated heterocycles. The van der Waals surface area contributed by atoms with Gasteiger partial charge in [-0.15, -0.1) is 0 Å². The van der Waals surface area contributed by atoms with Crippen LogP contribution in [0.5, 0.6) is 0 Å². The van der Waals surface area contributed by atoms with Crippen molar-refractivity contribution in [2.24, 2.45) is 0 Å². The molecule has 3 nitrogen and oxygen atoms in total. The topological polar surface area (TPSA) is 37.8 Å². The minimum atomic E-state index is 0.693. The Labute approximate surface area is 106 Å². The highest BCUT2D eigenvalue weighted by Gasteiger charge is 2.02. The molecule has 0 fully saturated rings. The van der Waals surface area contributed by atoms with Gasteiger partial charge in [-0.25, -0.2) is 0 Å². The average Bonchev–Trinajstić information content (AvgIpc) is 2.36. The summed E-state index contributed by atoms with van der Waals surface area (Å²) < 4.78 is 0. The van der Waals surface area contributed by atoms with Crippen LogP contribution in [0.1, 0.15) is 11.3 Å². The van der Waals surface area contributed by atoms with Crippen LogP contribution in [0, 0.1) is 6.92 Å². The molecule has 0 unspecified atom stereocenters. The third kappa shape index (κ3) is 3.17. The van der Waals surface area contributed by atoms with Crippen LogP contribution < -0.4 is 5.32 Å². The fourth-order valence-electron chi connectivity index (χ4n) is 1.57. The number of nitrogens with zero attached hydrogens (tertiary/aromatic N) is 2. The summed E-state index contributed by atoms with van der Waals surface area (Å²) >= 11 is 6.14. The summed E-state index contributed by atoms with van der Waals surface area (Å²) in [5.41, 5.74) is 2.99. The lowest BCUT2D eigenvalue weighted by atomic mass is 10.2. The minimum absolute atomic E-state index is 0.693. The van der Waals surface area contributed by atoms with Gasteiger partial charge in [-0.3, -0.25) is 9.97 Å². The van der Waals surface area contributed by atoms with Crippen molar-refractivity contribution in [3.8, 4) is 0 Å². The first-order chi connectivity index (χ1) is 8.27. The van der Waals surface area contributed by atoms with Crippen molar-refractivity contribution < 1.29 is 0 Å². The number of rotatable bonds is 4. The third-order valence-electron chi connectivity index (χ3n) is 2.52. The Morgan fingerprint density at radius 3 is 2.94 bits per heavy atom. The summed E-state index contributed by atoms with van der Waals surface area (Å²) in [6, 6.07) is 5.89. The number of hydrogen-bond donors (Lipinski definition) is 1. The zero-order valence-electron chi connectivity index (χ0n) is 9.65. The summed E-state index contributed by atoms with van der Waals surface area (Å²) in [5, 5.41) is 4.00. The quantitative estimate of drug-likeness (QED) is 0.902. The molecule has 0 saturated carbocycles. The summed E-state index contributed by atoms with van der Waals surface area (Å²) in [7, 11) is 0. The van der Waals surface area contributed by atoms with Gasteiger partial charge in [-0.2, -0.15) is 0 Å². The van der Waals surface area contributed by atoms with Gasteiger partial charge in [-0.05, 0) is 31.0 Å². The van der Waals surface area contributed by atoms with Gasteiger partial charge < -0.3 is 5.32 Å². The lowest BCUT2D eigenvalue weighted by Gasteiger charge is -2.09. The van der Waals surface area contributed by atoms with Crippen molar-refractivity contribution in [1.29, 1.82) is 0 Å². The van der Waals surface area contributed by atoms with E-state index in [0.29, 0.717) is 5.02 Å². The van der Waals surface area contributed by atoms with Gasteiger partial charge in [0, 0.05) is 25.1 Å². The van der Waals surface area contributed by atoms with E-state index in [4.69, 9.17) is 11.6 Å². The Morgan fingerprint density at radius 1 is 1.29 bits per heavy atom. The van der Waals surface area contributed by atoms with Gasteiger partial charge in [0.15, 0.2) is 0 Å². The van der Waals surface area contributed by atoms with Crippen LogP contribution in [0.25, 0.3) is 0 Å². The van der Waals surface area contributed by atoms with Crippen LogP contribution in [0.15, 0.2) is 36.8 Å². The number of aromatic nitrogens is 2. The van der Waals surface area contributed by atoms with Crippen LogP contribution in [-0.4, -0.2) is 16.5 Å². The van der Waals surface area contributed by atoms with Crippen LogP contribution in [0.4, 0.5) is 5.69 Å². The summed E-state index contributed by atoms with van der Waals surface area (Å²) in [5.74, 6) is 0. The molecule has 0 aromatic carbocycles. The molecule has 2 rings (SSSR count). The molecule has 2 heterocycles. The molecular weight excluding hydrogens is 234 g/mol. The van der Waals surface area contributed by atoms with Gasteiger partial charge in [0.1, 0.15) is 0 Å². The van der Waals surface area contributed by atoms with E-state index in [9.17, 15) is 0 Å². The Morgan fingerprint density at radius 2 is 2.18 bits per heavy atom. The third-order valence-corrected chi connectivity index (χ3v) is 2.99. The van der Waals surface area contributed by atoms with Crippen LogP contribution in [-0.2, 0) is 6.42 Å². The van der Waals surface area contributed by atoms with E-state index in [1.165, 1.54) is 5.56 Å². The van der Waals surface area contributed by atoms with Crippen molar-refractivity contribution in [2.75, 3.05) is 11.9 Å². The lowest BCUT2D eigenvalue weighted by molar-refractivity contribution is 1.00. The lowest BCUT2D eigenvalue weighted by Crippen LogP contribution is -2.06. The highest BCUT2D eigenvalue weighted by molar-refractivity contribution is 6.33. The SMILES string of the molecule is Cc1nccc(NCCc2cccnc2)c1Cl. The van der Waals surface area contributed by atoms with Crippen molar-refractivity contribution in [1.82, 2.24) is 9.97 Å². The molecule has 0 atom stereocenters. The van der Waals surface area contributed by atoms with Crippen LogP contribution in [0.2, 0.25) is 5.02 Å². The van der Waals surface area contributed by atoms with Gasteiger partial charge in [0.25, 0.3) is 0 Å². The van der Waals surface area contributed by atoms with Gasteiger partial charge >= 0.3 is 0 Å². The highest BCUT2D eigenvalue weighted by atomic mass is 35.5. The predicted molar refractivity (Wildman–Crippen MR) is 70.4 cm³/mol. The van der Waals surface area contributed by atoms with Crippen molar-refractivity contribution in [3.05, 3.63) is 53.1 Å². The molecule has 88 valence electrons. The number of hydrogen-bond acceptors (Lipinski definition) is 3. The second-order valence-corrected chi connectivity index (χ2v) is 4.17. The second kappa shape index (κ2) is 5.64. The molecule has 1 N–H and O–H groups in total. The Hall–Kier alpha value is -1.61. The number of nitrogens with one attached hydrogen (secondary N) is 1. The largest absolute Gasteiger partial charge is 0.383 e. The maximum absolute atomic E-state index is 6.14. The predicted octanol–water partition coefficient (Wildman–Crippen LogP) is 3.09. The average molecular weight is 248 g/mol. The van der Waals surface area contributed by atoms with Gasteiger partial charge in [0.2, 0.25) is 0 Å². The number of aryl methyl sites for hydroxylation is 1. The van der Waals surface area contributed by atoms with E-state index in [1.54, 1.807) is 12.4 Å². The number of halogens is 1. The minimum Gasteiger partial charge on any atom is -0.383 e. The highest BCUT2D eigenvalue weighted by Crippen LogP contribution is 2.23. The van der Waals surface area contributed by atoms with Gasteiger partial charge in [0.05, 0.1) is 16.4 Å². The van der Waals surface area contributed by atoms with Crippen LogP contribution in [0.3, 0.4) is 0 Å². The summed E-state index contributed by atoms with van der Waals surface area (Å²) in [6.45, 7) is 2.73. The first-order valence-corrected chi connectivity index (χ1v) is 5.89. The zero-order valence-corrected chi connectivity index (χ0v) is 10.4. The fourth-order valence-corrected chi connectivity index (χ4v) is 1.75. The number of pyridine rings is 2. The van der Waals surface area contributed by atoms with E-state index >= 15 is 0 Å². The molecular formula is C13H14ClN3. The maximum atomic E-state index is 6.14. The van der Waals surface area contributed by atoms with E-state index in [2.05, 4.69) is 21.4 Å². The van der Waals surface area contributed by atoms with Gasteiger partial charge in [-0.1, -0.05) is 17.7 Å². The molecule has 17 heavy (non-hydrogen) atoms. The molecule has 0 spiro atoms. The zero-order chi connectivity index (χ0) is 12.1. The first-order valence-electron chi connectivity index (χ1n) is 5.51. The summed E-state index contributed by atoms with van der Waals surface area (Å²) in [6.07, 6.45) is 6.33. The monoisotopic (exact) mass is 247 g/mol. The van der Waals surface area contributed by atoms with Crippen LogP contribution >= 0.6 is 11.6 Å². The van der Waals surface area contributed by atoms with E-state index in [-0.39, 0.29) is 0 Å². The molecule has 4 heteroatoms. The molecule has 2 aromatic rings. The molecule has 0 amide bonds. The van der Waals surface area contributed by atoms with Crippen molar-refractivity contribution in [2.45, 2.75) is 13.3 Å². The molecule has 0 aliphatic rings. The summed E-state index contributed by atoms with van der Waals surface area (Å²) in [4.78, 5) is 8.20. The molecule has 2 aromatic heterocycles. The van der Waals surface area contributed by atoms with E-state index in [0.717, 1.165) is 24.3 Å². The smallest absolute Gasteiger partial charge is 0.0849 e. The molecule has 0 aliphatic heterocycles. The Balaban J connectivity index is 1.93. The second-order valence-electron chi connectivity index (χ2n) is 3.80. The fraction of sp³-hybridized carbons (Fsp3) is 0.231. The number of anilines is 1. The molecule has 0 aliphatic carbocycles. The van der Waals surface area contributed by atoms with Crippen molar-refractivity contribution >= 4 is 17.3 Å². The van der Waals surface area contributed by atoms with E-state index in [1.807, 2.05) is 25.3 Å².